The van der Waals surface area contributed by atoms with Gasteiger partial charge in [-0.05, 0) is 41.3 Å². The molecule has 1 aliphatic carbocycles. The number of rotatable bonds is 5. The van der Waals surface area contributed by atoms with E-state index in [1.807, 2.05) is 54.6 Å². The summed E-state index contributed by atoms with van der Waals surface area (Å²) in [4.78, 5) is 12.9. The topological polar surface area (TPSA) is 59.9 Å². The van der Waals surface area contributed by atoms with Crippen molar-refractivity contribution < 1.29 is 14.3 Å². The van der Waals surface area contributed by atoms with Gasteiger partial charge in [-0.25, -0.2) is 5.43 Å². The van der Waals surface area contributed by atoms with Crippen molar-refractivity contribution in [3.8, 4) is 11.5 Å². The average Bonchev–Trinajstić information content (AvgIpc) is 3.38. The van der Waals surface area contributed by atoms with Gasteiger partial charge >= 0.3 is 0 Å². The molecule has 0 aromatic heterocycles. The van der Waals surface area contributed by atoms with E-state index in [4.69, 9.17) is 9.47 Å². The van der Waals surface area contributed by atoms with Crippen LogP contribution in [0.25, 0.3) is 0 Å². The van der Waals surface area contributed by atoms with Crippen molar-refractivity contribution in [1.29, 1.82) is 0 Å². The second kappa shape index (κ2) is 7.09. The van der Waals surface area contributed by atoms with Gasteiger partial charge in [0.15, 0.2) is 11.5 Å². The maximum absolute atomic E-state index is 12.9. The molecule has 0 spiro atoms. The number of ether oxygens (including phenoxy) is 2. The van der Waals surface area contributed by atoms with Crippen LogP contribution in [0.15, 0.2) is 84.0 Å². The lowest BCUT2D eigenvalue weighted by Gasteiger charge is -2.18. The van der Waals surface area contributed by atoms with Gasteiger partial charge in [0.25, 0.3) is 0 Å². The van der Waals surface area contributed by atoms with Crippen LogP contribution in [0.2, 0.25) is 0 Å². The molecule has 3 aromatic carbocycles. The Labute approximate surface area is 169 Å². The lowest BCUT2D eigenvalue weighted by Crippen LogP contribution is -2.25. The highest BCUT2D eigenvalue weighted by molar-refractivity contribution is 5.88. The zero-order valence-electron chi connectivity index (χ0n) is 15.7. The summed E-state index contributed by atoms with van der Waals surface area (Å²) in [5, 5.41) is 4.16. The molecule has 1 atom stereocenters. The van der Waals surface area contributed by atoms with Gasteiger partial charge in [-0.2, -0.15) is 5.10 Å². The lowest BCUT2D eigenvalue weighted by atomic mass is 9.85. The maximum atomic E-state index is 12.9. The predicted molar refractivity (Wildman–Crippen MR) is 110 cm³/mol. The summed E-state index contributed by atoms with van der Waals surface area (Å²) >= 11 is 0. The van der Waals surface area contributed by atoms with Crippen molar-refractivity contribution in [3.05, 3.63) is 95.6 Å². The third-order valence-corrected chi connectivity index (χ3v) is 5.64. The molecule has 0 bridgehead atoms. The summed E-state index contributed by atoms with van der Waals surface area (Å²) in [5.41, 5.74) is 5.58. The van der Waals surface area contributed by atoms with Gasteiger partial charge in [-0.1, -0.05) is 60.7 Å². The lowest BCUT2D eigenvalue weighted by molar-refractivity contribution is -0.122. The molecular weight excluding hydrogens is 364 g/mol. The van der Waals surface area contributed by atoms with E-state index < -0.39 is 0 Å². The first-order valence-electron chi connectivity index (χ1n) is 9.61. The molecule has 0 radical (unpaired) electrons. The van der Waals surface area contributed by atoms with Gasteiger partial charge in [-0.3, -0.25) is 4.79 Å². The van der Waals surface area contributed by atoms with E-state index in [0.717, 1.165) is 28.9 Å². The summed E-state index contributed by atoms with van der Waals surface area (Å²) in [5.74, 6) is 1.19. The average molecular weight is 384 g/mol. The molecule has 1 heterocycles. The monoisotopic (exact) mass is 384 g/mol. The summed E-state index contributed by atoms with van der Waals surface area (Å²) in [6.07, 6.45) is 2.39. The number of hydrazone groups is 1. The summed E-state index contributed by atoms with van der Waals surface area (Å²) in [6.45, 7) is 0.232. The third-order valence-electron chi connectivity index (χ3n) is 5.64. The predicted octanol–water partition coefficient (Wildman–Crippen LogP) is 3.87. The minimum Gasteiger partial charge on any atom is -0.454 e. The van der Waals surface area contributed by atoms with E-state index in [1.54, 1.807) is 6.21 Å². The molecule has 1 aliphatic heterocycles. The molecule has 1 N–H and O–H groups in total. The van der Waals surface area contributed by atoms with Crippen LogP contribution in [-0.4, -0.2) is 18.9 Å². The zero-order chi connectivity index (χ0) is 19.7. The van der Waals surface area contributed by atoms with Crippen molar-refractivity contribution in [2.75, 3.05) is 6.79 Å². The highest BCUT2D eigenvalue weighted by Crippen LogP contribution is 2.58. The van der Waals surface area contributed by atoms with E-state index in [9.17, 15) is 4.79 Å². The minimum atomic E-state index is -0.291. The van der Waals surface area contributed by atoms with Crippen LogP contribution in [0, 0.1) is 5.92 Å². The molecule has 5 rings (SSSR count). The van der Waals surface area contributed by atoms with Crippen molar-refractivity contribution in [3.63, 3.8) is 0 Å². The molecule has 0 saturated heterocycles. The van der Waals surface area contributed by atoms with Crippen LogP contribution in [0.5, 0.6) is 11.5 Å². The van der Waals surface area contributed by atoms with Gasteiger partial charge < -0.3 is 9.47 Å². The molecule has 3 aromatic rings. The summed E-state index contributed by atoms with van der Waals surface area (Å²) in [6, 6.07) is 26.0. The maximum Gasteiger partial charge on any atom is 0.244 e. The van der Waals surface area contributed by atoms with Crippen LogP contribution < -0.4 is 14.9 Å². The third kappa shape index (κ3) is 3.14. The van der Waals surface area contributed by atoms with Crippen molar-refractivity contribution in [2.24, 2.45) is 11.0 Å². The molecule has 1 unspecified atom stereocenters. The fourth-order valence-corrected chi connectivity index (χ4v) is 4.10. The highest BCUT2D eigenvalue weighted by atomic mass is 16.7. The van der Waals surface area contributed by atoms with Gasteiger partial charge in [-0.15, -0.1) is 0 Å². The number of hydrogen-bond acceptors (Lipinski definition) is 4. The molecule has 29 heavy (non-hydrogen) atoms. The molecule has 5 nitrogen and oxygen atoms in total. The number of carbonyl (C=O) groups excluding carboxylic acids is 1. The number of nitrogens with zero attached hydrogens (tertiary/aromatic N) is 1. The fraction of sp³-hybridized carbons (Fsp3) is 0.167. The number of fused-ring (bicyclic) bond motifs is 1. The van der Waals surface area contributed by atoms with E-state index in [2.05, 4.69) is 34.8 Å². The SMILES string of the molecule is O=C(NN=Cc1ccc2c(c1)OCO2)C1CC1(c1ccccc1)c1ccccc1. The molecule has 2 aliphatic rings. The van der Waals surface area contributed by atoms with E-state index >= 15 is 0 Å². The standard InChI is InChI=1S/C24H20N2O3/c27-23(26-25-15-17-11-12-21-22(13-17)29-16-28-21)20-14-24(20,18-7-3-1-4-8-18)19-9-5-2-6-10-19/h1-13,15,20H,14,16H2,(H,26,27). The largest absolute Gasteiger partial charge is 0.454 e. The Balaban J connectivity index is 1.33. The van der Waals surface area contributed by atoms with Gasteiger partial charge in [0, 0.05) is 5.41 Å². The van der Waals surface area contributed by atoms with E-state index in [-0.39, 0.29) is 24.0 Å². The molecule has 1 saturated carbocycles. The Bertz CT molecular complexity index is 1020. The summed E-state index contributed by atoms with van der Waals surface area (Å²) < 4.78 is 10.7. The highest BCUT2D eigenvalue weighted by Gasteiger charge is 2.60. The first kappa shape index (κ1) is 17.5. The number of hydrogen-bond donors (Lipinski definition) is 1. The second-order valence-corrected chi connectivity index (χ2v) is 7.31. The Morgan fingerprint density at radius 2 is 1.59 bits per heavy atom. The van der Waals surface area contributed by atoms with E-state index in [0.29, 0.717) is 5.75 Å². The number of carbonyl (C=O) groups is 1. The van der Waals surface area contributed by atoms with Crippen LogP contribution in [0.4, 0.5) is 0 Å². The van der Waals surface area contributed by atoms with Crippen LogP contribution >= 0.6 is 0 Å². The van der Waals surface area contributed by atoms with Crippen LogP contribution in [0.1, 0.15) is 23.1 Å². The smallest absolute Gasteiger partial charge is 0.244 e. The molecule has 1 fully saturated rings. The van der Waals surface area contributed by atoms with Crippen molar-refractivity contribution in [2.45, 2.75) is 11.8 Å². The first-order chi connectivity index (χ1) is 14.3. The van der Waals surface area contributed by atoms with Gasteiger partial charge in [0.1, 0.15) is 0 Å². The Hall–Kier alpha value is -3.60. The van der Waals surface area contributed by atoms with Crippen LogP contribution in [-0.2, 0) is 10.2 Å². The van der Waals surface area contributed by atoms with Gasteiger partial charge in [0.2, 0.25) is 12.7 Å². The fourth-order valence-electron chi connectivity index (χ4n) is 4.10. The summed E-state index contributed by atoms with van der Waals surface area (Å²) in [7, 11) is 0. The van der Waals surface area contributed by atoms with Crippen molar-refractivity contribution in [1.82, 2.24) is 5.43 Å². The quantitative estimate of drug-likeness (QED) is 0.537. The number of benzene rings is 3. The molecule has 1 amide bonds. The first-order valence-corrected chi connectivity index (χ1v) is 9.61. The van der Waals surface area contributed by atoms with Crippen LogP contribution in [0.3, 0.4) is 0 Å². The minimum absolute atomic E-state index is 0.0744. The Morgan fingerprint density at radius 3 is 2.28 bits per heavy atom. The second-order valence-electron chi connectivity index (χ2n) is 7.31. The molecular formula is C24H20N2O3. The zero-order valence-corrected chi connectivity index (χ0v) is 15.7. The van der Waals surface area contributed by atoms with E-state index in [1.165, 1.54) is 0 Å². The number of amides is 1. The number of nitrogens with one attached hydrogen (secondary N) is 1. The Kier molecular flexibility index (Phi) is 4.28. The van der Waals surface area contributed by atoms with Crippen molar-refractivity contribution >= 4 is 12.1 Å². The normalized spacial score (nSPS) is 18.6. The molecule has 5 heteroatoms. The Morgan fingerprint density at radius 1 is 0.931 bits per heavy atom. The van der Waals surface area contributed by atoms with Gasteiger partial charge in [0.05, 0.1) is 12.1 Å². The molecule has 144 valence electrons.